The second-order valence-corrected chi connectivity index (χ2v) is 10.4. The first-order chi connectivity index (χ1) is 23.9. The number of hydrogen-bond donors (Lipinski definition) is 0. The highest BCUT2D eigenvalue weighted by molar-refractivity contribution is 5.69. The van der Waals surface area contributed by atoms with E-state index in [1.165, 1.54) is 31.3 Å². The number of benzene rings is 3. The van der Waals surface area contributed by atoms with Crippen LogP contribution >= 0.6 is 0 Å². The summed E-state index contributed by atoms with van der Waals surface area (Å²) in [6.07, 6.45) is 13.7. The molecule has 0 aliphatic rings. The molecule has 7 heteroatoms. The number of hydrogen-bond acceptors (Lipinski definition) is 1. The molecule has 0 N–H and O–H groups in total. The number of aromatic nitrogens is 1. The summed E-state index contributed by atoms with van der Waals surface area (Å²) in [5.74, 6) is -4.94. The van der Waals surface area contributed by atoms with E-state index in [2.05, 4.69) is 11.6 Å². The summed E-state index contributed by atoms with van der Waals surface area (Å²) < 4.78 is 84.4. The van der Waals surface area contributed by atoms with E-state index in [9.17, 15) is 22.0 Å². The van der Waals surface area contributed by atoms with E-state index in [0.717, 1.165) is 23.8 Å². The Morgan fingerprint density at radius 3 is 1.86 bits per heavy atom. The molecular weight excluding hydrogens is 644 g/mol. The summed E-state index contributed by atoms with van der Waals surface area (Å²) in [5.41, 5.74) is 3.60. The Balaban J connectivity index is 0.000000528. The molecule has 50 heavy (non-hydrogen) atoms. The molecule has 0 saturated heterocycles. The van der Waals surface area contributed by atoms with Crippen LogP contribution in [-0.2, 0) is 0 Å². The quantitative estimate of drug-likeness (QED) is 0.132. The van der Waals surface area contributed by atoms with Crippen molar-refractivity contribution in [3.63, 3.8) is 0 Å². The Hall–Kier alpha value is -4.91. The summed E-state index contributed by atoms with van der Waals surface area (Å²) >= 11 is 0. The van der Waals surface area contributed by atoms with Crippen molar-refractivity contribution in [3.8, 4) is 11.3 Å². The minimum atomic E-state index is -0.807. The number of halogens is 6. The van der Waals surface area contributed by atoms with Crippen molar-refractivity contribution in [3.05, 3.63) is 178 Å². The Bertz CT molecular complexity index is 1790. The molecule has 0 saturated carbocycles. The molecule has 0 aliphatic carbocycles. The number of rotatable bonds is 8. The Labute approximate surface area is 294 Å². The van der Waals surface area contributed by atoms with Gasteiger partial charge in [0.05, 0.1) is 5.69 Å². The molecular formula is C43H47F6N. The molecule has 266 valence electrons. The second kappa shape index (κ2) is 21.9. The first-order valence-electron chi connectivity index (χ1n) is 16.5. The zero-order chi connectivity index (χ0) is 38.0. The van der Waals surface area contributed by atoms with E-state index in [1.54, 1.807) is 88.4 Å². The fraction of sp³-hybridized carbons (Fsp3) is 0.233. The standard InChI is InChI=1S/C25H21F4N.C14H14F2.2C2H6/c1-4-8-16(5-2)24(19-11-17(26)13-21(28)15(19)3)20-12-18(27)14-22(29)25(20)23-9-6-7-10-30-23;1-4-5-6-7-10(2)14-11(3)8-12(15)9-13(14)16;2*1-2/h4-14,24H,1-3H3;4-9H,1H2,2-3H3;2*1-2H3/b8-4-,16-5-;6-5-,10-7+;;/t24-;;;/m1.../s1. The third-order valence-electron chi connectivity index (χ3n) is 7.24. The van der Waals surface area contributed by atoms with Crippen molar-refractivity contribution >= 4 is 5.57 Å². The van der Waals surface area contributed by atoms with Gasteiger partial charge >= 0.3 is 0 Å². The molecule has 1 atom stereocenters. The minimum absolute atomic E-state index is 0.0925. The van der Waals surface area contributed by atoms with E-state index in [0.29, 0.717) is 28.0 Å². The van der Waals surface area contributed by atoms with E-state index >= 15 is 4.39 Å². The third-order valence-corrected chi connectivity index (χ3v) is 7.24. The van der Waals surface area contributed by atoms with Crippen LogP contribution in [0.5, 0.6) is 0 Å². The van der Waals surface area contributed by atoms with Gasteiger partial charge in [-0.1, -0.05) is 82.9 Å². The molecule has 4 rings (SSSR count). The van der Waals surface area contributed by atoms with Crippen LogP contribution in [0, 0.1) is 48.8 Å². The third kappa shape index (κ3) is 11.6. The van der Waals surface area contributed by atoms with Gasteiger partial charge in [0.2, 0.25) is 0 Å². The number of pyridine rings is 1. The van der Waals surface area contributed by atoms with Crippen LogP contribution in [0.15, 0.2) is 115 Å². The summed E-state index contributed by atoms with van der Waals surface area (Å²) in [4.78, 5) is 4.22. The first-order valence-corrected chi connectivity index (χ1v) is 16.5. The molecule has 0 aliphatic heterocycles. The molecule has 0 spiro atoms. The van der Waals surface area contributed by atoms with Gasteiger partial charge in [-0.05, 0) is 98.4 Å². The maximum Gasteiger partial charge on any atom is 0.135 e. The van der Waals surface area contributed by atoms with Crippen LogP contribution in [-0.4, -0.2) is 4.98 Å². The van der Waals surface area contributed by atoms with Gasteiger partial charge in [0.1, 0.15) is 34.9 Å². The summed E-state index contributed by atoms with van der Waals surface area (Å²) in [7, 11) is 0. The fourth-order valence-corrected chi connectivity index (χ4v) is 5.21. The summed E-state index contributed by atoms with van der Waals surface area (Å²) in [6.45, 7) is 20.1. The largest absolute Gasteiger partial charge is 0.256 e. The SMILES string of the molecule is C/C=C\C(=C\C)[C@H](c1cc(F)cc(F)c1C)c1cc(F)cc(F)c1-c1ccccn1.C=C/C=C\C=C(/C)c1c(C)cc(F)cc1F.CC.CC. The average molecular weight is 692 g/mol. The molecule has 4 aromatic rings. The smallest absolute Gasteiger partial charge is 0.135 e. The number of nitrogens with zero attached hydrogens (tertiary/aromatic N) is 1. The van der Waals surface area contributed by atoms with E-state index in [1.807, 2.05) is 27.7 Å². The van der Waals surface area contributed by atoms with Gasteiger partial charge in [-0.3, -0.25) is 4.98 Å². The molecule has 0 radical (unpaired) electrons. The van der Waals surface area contributed by atoms with Gasteiger partial charge in [0.15, 0.2) is 0 Å². The van der Waals surface area contributed by atoms with Crippen molar-refractivity contribution in [2.24, 2.45) is 0 Å². The molecule has 0 amide bonds. The van der Waals surface area contributed by atoms with Crippen LogP contribution in [0.3, 0.4) is 0 Å². The van der Waals surface area contributed by atoms with Crippen molar-refractivity contribution in [2.45, 2.75) is 68.2 Å². The zero-order valence-electron chi connectivity index (χ0n) is 30.3. The normalized spacial score (nSPS) is 12.0. The topological polar surface area (TPSA) is 12.9 Å². The predicted octanol–water partition coefficient (Wildman–Crippen LogP) is 13.7. The highest BCUT2D eigenvalue weighted by Gasteiger charge is 2.27. The maximum absolute atomic E-state index is 15.0. The maximum atomic E-state index is 15.0. The lowest BCUT2D eigenvalue weighted by atomic mass is 9.79. The van der Waals surface area contributed by atoms with Crippen molar-refractivity contribution < 1.29 is 26.3 Å². The highest BCUT2D eigenvalue weighted by Crippen LogP contribution is 2.41. The molecule has 1 heterocycles. The molecule has 0 bridgehead atoms. The fourth-order valence-electron chi connectivity index (χ4n) is 5.21. The van der Waals surface area contributed by atoms with Gasteiger partial charge in [-0.2, -0.15) is 0 Å². The second-order valence-electron chi connectivity index (χ2n) is 10.4. The predicted molar refractivity (Wildman–Crippen MR) is 198 cm³/mol. The van der Waals surface area contributed by atoms with Crippen LogP contribution < -0.4 is 0 Å². The van der Waals surface area contributed by atoms with Crippen molar-refractivity contribution in [1.29, 1.82) is 0 Å². The Kier molecular flexibility index (Phi) is 18.9. The molecule has 1 aromatic heterocycles. The zero-order valence-corrected chi connectivity index (χ0v) is 30.3. The van der Waals surface area contributed by atoms with Gasteiger partial charge in [-0.15, -0.1) is 0 Å². The van der Waals surface area contributed by atoms with Crippen molar-refractivity contribution in [2.75, 3.05) is 0 Å². The van der Waals surface area contributed by atoms with Gasteiger partial charge < -0.3 is 0 Å². The average Bonchev–Trinajstić information content (AvgIpc) is 3.08. The minimum Gasteiger partial charge on any atom is -0.256 e. The Morgan fingerprint density at radius 2 is 1.32 bits per heavy atom. The number of allylic oxidation sites excluding steroid dienone is 9. The van der Waals surface area contributed by atoms with Gasteiger partial charge in [0, 0.05) is 41.4 Å². The number of aryl methyl sites for hydroxylation is 1. The van der Waals surface area contributed by atoms with Crippen LogP contribution in [0.4, 0.5) is 26.3 Å². The van der Waals surface area contributed by atoms with Crippen LogP contribution in [0.1, 0.15) is 82.2 Å². The first kappa shape index (κ1) is 43.1. The van der Waals surface area contributed by atoms with E-state index < -0.39 is 40.8 Å². The molecule has 1 nitrogen and oxygen atoms in total. The molecule has 3 aromatic carbocycles. The molecule has 0 fully saturated rings. The van der Waals surface area contributed by atoms with E-state index in [-0.39, 0.29) is 16.7 Å². The summed E-state index contributed by atoms with van der Waals surface area (Å²) in [5, 5.41) is 0. The monoisotopic (exact) mass is 691 g/mol. The summed E-state index contributed by atoms with van der Waals surface area (Å²) in [6, 6.07) is 11.2. The van der Waals surface area contributed by atoms with Crippen molar-refractivity contribution in [1.82, 2.24) is 4.98 Å². The van der Waals surface area contributed by atoms with Gasteiger partial charge in [0.25, 0.3) is 0 Å². The highest BCUT2D eigenvalue weighted by atomic mass is 19.2. The van der Waals surface area contributed by atoms with Crippen LogP contribution in [0.2, 0.25) is 0 Å². The van der Waals surface area contributed by atoms with E-state index in [4.69, 9.17) is 0 Å². The van der Waals surface area contributed by atoms with Crippen LogP contribution in [0.25, 0.3) is 16.8 Å². The molecule has 0 unspecified atom stereocenters. The van der Waals surface area contributed by atoms with Gasteiger partial charge in [-0.25, -0.2) is 26.3 Å². The lowest BCUT2D eigenvalue weighted by Gasteiger charge is -2.25. The lowest BCUT2D eigenvalue weighted by molar-refractivity contribution is 0.570. The lowest BCUT2D eigenvalue weighted by Crippen LogP contribution is -2.11. The Morgan fingerprint density at radius 1 is 0.740 bits per heavy atom.